The van der Waals surface area contributed by atoms with Crippen molar-refractivity contribution in [3.8, 4) is 0 Å². The summed E-state index contributed by atoms with van der Waals surface area (Å²) >= 11 is 0. The second-order valence-electron chi connectivity index (χ2n) is 8.18. The lowest BCUT2D eigenvalue weighted by Crippen LogP contribution is -2.50. The van der Waals surface area contributed by atoms with Crippen LogP contribution in [0.5, 0.6) is 0 Å². The third-order valence-electron chi connectivity index (χ3n) is 5.06. The lowest BCUT2D eigenvalue weighted by molar-refractivity contribution is -0.0402. The summed E-state index contributed by atoms with van der Waals surface area (Å²) in [6.07, 6.45) is 0.567. The van der Waals surface area contributed by atoms with Gasteiger partial charge in [-0.05, 0) is 52.0 Å². The van der Waals surface area contributed by atoms with Crippen LogP contribution in [0, 0.1) is 0 Å². The molecule has 144 valence electrons. The molecule has 2 fully saturated rings. The highest BCUT2D eigenvalue weighted by Gasteiger charge is 2.45. The quantitative estimate of drug-likeness (QED) is 0.746. The van der Waals surface area contributed by atoms with E-state index in [9.17, 15) is 13.6 Å². The van der Waals surface area contributed by atoms with E-state index in [-0.39, 0.29) is 36.5 Å². The molecule has 0 radical (unpaired) electrons. The first-order valence-corrected chi connectivity index (χ1v) is 9.23. The van der Waals surface area contributed by atoms with Gasteiger partial charge in [-0.3, -0.25) is 0 Å². The van der Waals surface area contributed by atoms with Crippen molar-refractivity contribution < 1.29 is 23.0 Å². The number of alkyl halides is 2. The summed E-state index contributed by atoms with van der Waals surface area (Å²) < 4.78 is 37.7. The highest BCUT2D eigenvalue weighted by molar-refractivity contribution is 5.69. The van der Waals surface area contributed by atoms with Crippen molar-refractivity contribution in [3.05, 3.63) is 35.4 Å². The molecule has 0 aliphatic carbocycles. The molecule has 2 heterocycles. The Bertz CT molecular complexity index is 630. The Morgan fingerprint density at radius 3 is 2.38 bits per heavy atom. The topological polar surface area (TPSA) is 38.8 Å². The molecule has 6 heteroatoms. The van der Waals surface area contributed by atoms with Gasteiger partial charge >= 0.3 is 6.09 Å². The number of hydrogen-bond donors (Lipinski definition) is 0. The van der Waals surface area contributed by atoms with Crippen LogP contribution in [-0.2, 0) is 16.1 Å². The number of benzene rings is 1. The summed E-state index contributed by atoms with van der Waals surface area (Å²) in [6.45, 7) is 5.77. The van der Waals surface area contributed by atoms with Crippen LogP contribution in [-0.4, -0.2) is 34.8 Å². The van der Waals surface area contributed by atoms with Crippen molar-refractivity contribution in [2.24, 2.45) is 0 Å². The molecule has 2 bridgehead atoms. The largest absolute Gasteiger partial charge is 0.444 e. The Morgan fingerprint density at radius 1 is 1.19 bits per heavy atom. The van der Waals surface area contributed by atoms with E-state index in [1.165, 1.54) is 6.07 Å². The number of amides is 1. The lowest BCUT2D eigenvalue weighted by Gasteiger charge is -2.39. The fourth-order valence-electron chi connectivity index (χ4n) is 3.96. The summed E-state index contributed by atoms with van der Waals surface area (Å²) in [5, 5.41) is 0. The molecule has 0 aromatic heterocycles. The molecule has 0 N–H and O–H groups in total. The minimum atomic E-state index is -2.50. The van der Waals surface area contributed by atoms with E-state index < -0.39 is 12.0 Å². The second kappa shape index (κ2) is 7.51. The van der Waals surface area contributed by atoms with Crippen LogP contribution in [0.4, 0.5) is 13.6 Å². The van der Waals surface area contributed by atoms with Crippen LogP contribution >= 0.6 is 0 Å². The molecular weight excluding hydrogens is 340 g/mol. The van der Waals surface area contributed by atoms with Gasteiger partial charge in [-0.1, -0.05) is 24.3 Å². The molecule has 1 aromatic carbocycles. The Hall–Kier alpha value is -1.69. The standard InChI is InChI=1S/C20H27F2NO3/c1-20(2,3)26-19(24)23-14-8-9-15(23)11-16(10-14)25-12-13-6-4-5-7-17(13)18(21)22/h4-7,14-16,18H,8-12H2,1-3H3. The van der Waals surface area contributed by atoms with Gasteiger partial charge in [-0.25, -0.2) is 13.6 Å². The maximum atomic E-state index is 13.1. The highest BCUT2D eigenvalue weighted by Crippen LogP contribution is 2.38. The molecule has 26 heavy (non-hydrogen) atoms. The average Bonchev–Trinajstić information content (AvgIpc) is 2.82. The van der Waals surface area contributed by atoms with E-state index in [1.807, 2.05) is 25.7 Å². The predicted molar refractivity (Wildman–Crippen MR) is 94.1 cm³/mol. The Kier molecular flexibility index (Phi) is 5.51. The van der Waals surface area contributed by atoms with Gasteiger partial charge in [0, 0.05) is 17.6 Å². The number of ether oxygens (including phenoxy) is 2. The first-order chi connectivity index (χ1) is 12.2. The van der Waals surface area contributed by atoms with E-state index in [0.29, 0.717) is 5.56 Å². The number of carbonyl (C=O) groups excluding carboxylic acids is 1. The van der Waals surface area contributed by atoms with Crippen molar-refractivity contribution >= 4 is 6.09 Å². The van der Waals surface area contributed by atoms with Crippen molar-refractivity contribution in [1.29, 1.82) is 0 Å². The monoisotopic (exact) mass is 367 g/mol. The zero-order valence-electron chi connectivity index (χ0n) is 15.6. The van der Waals surface area contributed by atoms with Crippen LogP contribution < -0.4 is 0 Å². The third kappa shape index (κ3) is 4.34. The van der Waals surface area contributed by atoms with E-state index in [0.717, 1.165) is 25.7 Å². The van der Waals surface area contributed by atoms with Gasteiger partial charge in [0.25, 0.3) is 6.43 Å². The van der Waals surface area contributed by atoms with Crippen molar-refractivity contribution in [2.45, 2.75) is 83.3 Å². The van der Waals surface area contributed by atoms with Gasteiger partial charge in [0.05, 0.1) is 12.7 Å². The Morgan fingerprint density at radius 2 is 1.81 bits per heavy atom. The Labute approximate surface area is 153 Å². The summed E-state index contributed by atoms with van der Waals surface area (Å²) in [6, 6.07) is 6.71. The molecule has 0 spiro atoms. The molecule has 1 amide bonds. The fourth-order valence-corrected chi connectivity index (χ4v) is 3.96. The molecule has 0 saturated carbocycles. The van der Waals surface area contributed by atoms with Gasteiger partial charge in [-0.15, -0.1) is 0 Å². The second-order valence-corrected chi connectivity index (χ2v) is 8.18. The maximum absolute atomic E-state index is 13.1. The molecule has 1 aromatic rings. The van der Waals surface area contributed by atoms with Crippen LogP contribution in [0.1, 0.15) is 64.0 Å². The summed E-state index contributed by atoms with van der Waals surface area (Å²) in [5.74, 6) is 0. The maximum Gasteiger partial charge on any atom is 0.410 e. The van der Waals surface area contributed by atoms with E-state index >= 15 is 0 Å². The molecule has 2 saturated heterocycles. The number of piperidine rings is 1. The van der Waals surface area contributed by atoms with Crippen LogP contribution in [0.2, 0.25) is 0 Å². The van der Waals surface area contributed by atoms with Crippen molar-refractivity contribution in [2.75, 3.05) is 0 Å². The van der Waals surface area contributed by atoms with E-state index in [4.69, 9.17) is 9.47 Å². The minimum Gasteiger partial charge on any atom is -0.444 e. The van der Waals surface area contributed by atoms with E-state index in [2.05, 4.69) is 0 Å². The molecule has 3 rings (SSSR count). The van der Waals surface area contributed by atoms with Gasteiger partial charge in [0.1, 0.15) is 5.60 Å². The molecule has 2 aliphatic heterocycles. The van der Waals surface area contributed by atoms with Crippen molar-refractivity contribution in [1.82, 2.24) is 4.90 Å². The van der Waals surface area contributed by atoms with Gasteiger partial charge in [-0.2, -0.15) is 0 Å². The van der Waals surface area contributed by atoms with Gasteiger partial charge in [0.15, 0.2) is 0 Å². The Balaban J connectivity index is 1.59. The summed E-state index contributed by atoms with van der Waals surface area (Å²) in [5.41, 5.74) is 0.0501. The number of hydrogen-bond acceptors (Lipinski definition) is 3. The first kappa shape index (κ1) is 19.1. The molecular formula is C20H27F2NO3. The summed E-state index contributed by atoms with van der Waals surface area (Å²) in [4.78, 5) is 14.3. The van der Waals surface area contributed by atoms with Crippen LogP contribution in [0.25, 0.3) is 0 Å². The smallest absolute Gasteiger partial charge is 0.410 e. The zero-order chi connectivity index (χ0) is 18.9. The van der Waals surface area contributed by atoms with E-state index in [1.54, 1.807) is 18.2 Å². The summed E-state index contributed by atoms with van der Waals surface area (Å²) in [7, 11) is 0. The van der Waals surface area contributed by atoms with Crippen LogP contribution in [0.15, 0.2) is 24.3 Å². The fraction of sp³-hybridized carbons (Fsp3) is 0.650. The minimum absolute atomic E-state index is 0.0167. The SMILES string of the molecule is CC(C)(C)OC(=O)N1C2CCC1CC(OCc1ccccc1C(F)F)C2. The highest BCUT2D eigenvalue weighted by atomic mass is 19.3. The van der Waals surface area contributed by atoms with Crippen LogP contribution in [0.3, 0.4) is 0 Å². The molecule has 4 nitrogen and oxygen atoms in total. The van der Waals surface area contributed by atoms with Gasteiger partial charge < -0.3 is 14.4 Å². The predicted octanol–water partition coefficient (Wildman–Crippen LogP) is 5.07. The molecule has 2 unspecified atom stereocenters. The number of rotatable bonds is 4. The number of fused-ring (bicyclic) bond motifs is 2. The number of carbonyl (C=O) groups is 1. The number of nitrogens with zero attached hydrogens (tertiary/aromatic N) is 1. The first-order valence-electron chi connectivity index (χ1n) is 9.23. The molecule has 2 atom stereocenters. The number of halogens is 2. The third-order valence-corrected chi connectivity index (χ3v) is 5.06. The normalized spacial score (nSPS) is 25.6. The molecule has 2 aliphatic rings. The van der Waals surface area contributed by atoms with Gasteiger partial charge in [0.2, 0.25) is 0 Å². The zero-order valence-corrected chi connectivity index (χ0v) is 15.6. The van der Waals surface area contributed by atoms with Crippen molar-refractivity contribution in [3.63, 3.8) is 0 Å². The average molecular weight is 367 g/mol. The lowest BCUT2D eigenvalue weighted by atomic mass is 10.00.